The molecule has 0 amide bonds. The summed E-state index contributed by atoms with van der Waals surface area (Å²) in [5.74, 6) is 0.475. The van der Waals surface area contributed by atoms with E-state index in [-0.39, 0.29) is 5.04 Å². The maximum absolute atomic E-state index is 6.83. The van der Waals surface area contributed by atoms with Crippen molar-refractivity contribution >= 4 is 18.7 Å². The molecule has 0 fully saturated rings. The molecule has 0 spiro atoms. The molecule has 0 radical (unpaired) electrons. The molecular formula is C22H30OSi. The van der Waals surface area contributed by atoms with E-state index in [4.69, 9.17) is 4.43 Å². The lowest BCUT2D eigenvalue weighted by atomic mass is 10.1. The third kappa shape index (κ3) is 3.88. The van der Waals surface area contributed by atoms with E-state index >= 15 is 0 Å². The second-order valence-corrected chi connectivity index (χ2v) is 11.8. The fraction of sp³-hybridized carbons (Fsp3) is 0.364. The van der Waals surface area contributed by atoms with Crippen molar-refractivity contribution in [2.24, 2.45) is 5.92 Å². The highest BCUT2D eigenvalue weighted by Crippen LogP contribution is 2.36. The SMILES string of the molecule is C=CC(C)CCO[Si](c1ccccc1)(c1ccccc1)C(C)(C)C. The van der Waals surface area contributed by atoms with Crippen LogP contribution in [0, 0.1) is 5.92 Å². The highest BCUT2D eigenvalue weighted by molar-refractivity contribution is 6.99. The Morgan fingerprint density at radius 3 is 1.79 bits per heavy atom. The lowest BCUT2D eigenvalue weighted by Gasteiger charge is -2.43. The van der Waals surface area contributed by atoms with Crippen molar-refractivity contribution in [2.75, 3.05) is 6.61 Å². The van der Waals surface area contributed by atoms with E-state index in [1.54, 1.807) is 0 Å². The van der Waals surface area contributed by atoms with E-state index in [9.17, 15) is 0 Å². The molecule has 0 aromatic heterocycles. The van der Waals surface area contributed by atoms with Crippen LogP contribution in [0.2, 0.25) is 5.04 Å². The van der Waals surface area contributed by atoms with Gasteiger partial charge in [-0.3, -0.25) is 0 Å². The monoisotopic (exact) mass is 338 g/mol. The molecule has 2 rings (SSSR count). The van der Waals surface area contributed by atoms with Gasteiger partial charge in [0.2, 0.25) is 0 Å². The van der Waals surface area contributed by atoms with Gasteiger partial charge < -0.3 is 4.43 Å². The summed E-state index contributed by atoms with van der Waals surface area (Å²) in [6, 6.07) is 21.6. The molecular weight excluding hydrogens is 308 g/mol. The number of rotatable bonds is 7. The zero-order valence-corrected chi connectivity index (χ0v) is 16.5. The standard InChI is InChI=1S/C22H30OSi/c1-6-19(2)17-18-23-24(22(3,4)5,20-13-9-7-10-14-20)21-15-11-8-12-16-21/h6-16,19H,1,17-18H2,2-5H3. The molecule has 24 heavy (non-hydrogen) atoms. The average Bonchev–Trinajstić information content (AvgIpc) is 2.59. The van der Waals surface area contributed by atoms with Crippen molar-refractivity contribution in [1.82, 2.24) is 0 Å². The zero-order chi connectivity index (χ0) is 17.6. The topological polar surface area (TPSA) is 9.23 Å². The summed E-state index contributed by atoms with van der Waals surface area (Å²) in [4.78, 5) is 0. The van der Waals surface area contributed by atoms with E-state index in [1.807, 2.05) is 6.08 Å². The first-order valence-electron chi connectivity index (χ1n) is 8.79. The highest BCUT2D eigenvalue weighted by Gasteiger charge is 2.49. The Hall–Kier alpha value is -1.64. The van der Waals surface area contributed by atoms with Crippen LogP contribution >= 0.6 is 0 Å². The van der Waals surface area contributed by atoms with Gasteiger partial charge in [-0.1, -0.05) is 94.4 Å². The van der Waals surface area contributed by atoms with E-state index in [1.165, 1.54) is 10.4 Å². The molecule has 1 atom stereocenters. The van der Waals surface area contributed by atoms with Crippen molar-refractivity contribution in [3.63, 3.8) is 0 Å². The van der Waals surface area contributed by atoms with Crippen molar-refractivity contribution < 1.29 is 4.43 Å². The third-order valence-corrected chi connectivity index (χ3v) is 9.75. The first-order valence-corrected chi connectivity index (χ1v) is 10.7. The normalized spacial score (nSPS) is 13.5. The number of hydrogen-bond donors (Lipinski definition) is 0. The summed E-state index contributed by atoms with van der Waals surface area (Å²) in [6.45, 7) is 13.8. The van der Waals surface area contributed by atoms with Crippen molar-refractivity contribution in [1.29, 1.82) is 0 Å². The van der Waals surface area contributed by atoms with Crippen molar-refractivity contribution in [3.8, 4) is 0 Å². The molecule has 0 heterocycles. The van der Waals surface area contributed by atoms with Gasteiger partial charge in [0.25, 0.3) is 8.32 Å². The minimum absolute atomic E-state index is 0.0487. The molecule has 1 nitrogen and oxygen atoms in total. The zero-order valence-electron chi connectivity index (χ0n) is 15.5. The minimum atomic E-state index is -2.36. The molecule has 0 bridgehead atoms. The number of benzene rings is 2. The van der Waals surface area contributed by atoms with Crippen molar-refractivity contribution in [2.45, 2.75) is 39.2 Å². The summed E-state index contributed by atoms with van der Waals surface area (Å²) in [7, 11) is -2.36. The Labute approximate surface area is 148 Å². The number of hydrogen-bond acceptors (Lipinski definition) is 1. The van der Waals surface area contributed by atoms with Gasteiger partial charge in [0.15, 0.2) is 0 Å². The van der Waals surface area contributed by atoms with Gasteiger partial charge in [0.05, 0.1) is 0 Å². The summed E-state index contributed by atoms with van der Waals surface area (Å²) in [6.07, 6.45) is 3.02. The van der Waals surface area contributed by atoms with Crippen LogP contribution in [0.25, 0.3) is 0 Å². The van der Waals surface area contributed by atoms with Crippen LogP contribution in [0.4, 0.5) is 0 Å². The van der Waals surface area contributed by atoms with Gasteiger partial charge >= 0.3 is 0 Å². The van der Waals surface area contributed by atoms with Crippen LogP contribution in [0.15, 0.2) is 73.3 Å². The quantitative estimate of drug-likeness (QED) is 0.522. The number of allylic oxidation sites excluding steroid dienone is 1. The lowest BCUT2D eigenvalue weighted by molar-refractivity contribution is 0.279. The van der Waals surface area contributed by atoms with E-state index in [0.29, 0.717) is 5.92 Å². The van der Waals surface area contributed by atoms with Crippen LogP contribution in [-0.4, -0.2) is 14.9 Å². The van der Waals surface area contributed by atoms with Crippen LogP contribution in [0.3, 0.4) is 0 Å². The van der Waals surface area contributed by atoms with Crippen LogP contribution in [-0.2, 0) is 4.43 Å². The summed E-state index contributed by atoms with van der Waals surface area (Å²) >= 11 is 0. The maximum atomic E-state index is 6.83. The third-order valence-electron chi connectivity index (χ3n) is 4.71. The fourth-order valence-electron chi connectivity index (χ4n) is 3.28. The first kappa shape index (κ1) is 18.7. The Balaban J connectivity index is 2.51. The fourth-order valence-corrected chi connectivity index (χ4v) is 7.86. The van der Waals surface area contributed by atoms with Crippen LogP contribution in [0.5, 0.6) is 0 Å². The van der Waals surface area contributed by atoms with E-state index < -0.39 is 8.32 Å². The van der Waals surface area contributed by atoms with Gasteiger partial charge in [0, 0.05) is 6.61 Å². The Bertz CT molecular complexity index is 589. The van der Waals surface area contributed by atoms with Crippen molar-refractivity contribution in [3.05, 3.63) is 73.3 Å². The molecule has 0 N–H and O–H groups in total. The minimum Gasteiger partial charge on any atom is -0.407 e. The average molecular weight is 339 g/mol. The van der Waals surface area contributed by atoms with Gasteiger partial charge in [-0.15, -0.1) is 6.58 Å². The second kappa shape index (κ2) is 7.95. The van der Waals surface area contributed by atoms with Gasteiger partial charge in [-0.2, -0.15) is 0 Å². The summed E-state index contributed by atoms with van der Waals surface area (Å²) in [5.41, 5.74) is 0. The first-order chi connectivity index (χ1) is 11.4. The Morgan fingerprint density at radius 1 is 0.958 bits per heavy atom. The largest absolute Gasteiger partial charge is 0.407 e. The second-order valence-electron chi connectivity index (χ2n) is 7.51. The molecule has 0 saturated heterocycles. The highest BCUT2D eigenvalue weighted by atomic mass is 28.4. The maximum Gasteiger partial charge on any atom is 0.261 e. The van der Waals surface area contributed by atoms with Gasteiger partial charge in [-0.05, 0) is 27.8 Å². The molecule has 1 unspecified atom stereocenters. The molecule has 2 aromatic carbocycles. The molecule has 0 aliphatic heterocycles. The van der Waals surface area contributed by atoms with E-state index in [2.05, 4.69) is 94.9 Å². The van der Waals surface area contributed by atoms with Gasteiger partial charge in [0.1, 0.15) is 0 Å². The van der Waals surface area contributed by atoms with Crippen LogP contribution < -0.4 is 10.4 Å². The summed E-state index contributed by atoms with van der Waals surface area (Å²) in [5, 5.41) is 2.73. The Kier molecular flexibility index (Phi) is 6.19. The predicted molar refractivity (Wildman–Crippen MR) is 108 cm³/mol. The smallest absolute Gasteiger partial charge is 0.261 e. The molecule has 128 valence electrons. The van der Waals surface area contributed by atoms with Gasteiger partial charge in [-0.25, -0.2) is 0 Å². The predicted octanol–water partition coefficient (Wildman–Crippen LogP) is 4.78. The van der Waals surface area contributed by atoms with Crippen LogP contribution in [0.1, 0.15) is 34.1 Å². The molecule has 0 aliphatic rings. The summed E-state index contributed by atoms with van der Waals surface area (Å²) < 4.78 is 6.83. The van der Waals surface area contributed by atoms with E-state index in [0.717, 1.165) is 13.0 Å². The lowest BCUT2D eigenvalue weighted by Crippen LogP contribution is -2.66. The molecule has 2 heteroatoms. The molecule has 0 aliphatic carbocycles. The Morgan fingerprint density at radius 2 is 1.42 bits per heavy atom. The molecule has 2 aromatic rings. The molecule has 0 saturated carbocycles.